The molecule has 1 aliphatic heterocycles. The number of amides is 3. The zero-order valence-electron chi connectivity index (χ0n) is 17.5. The fourth-order valence-corrected chi connectivity index (χ4v) is 4.82. The Balaban J connectivity index is 1.47. The summed E-state index contributed by atoms with van der Waals surface area (Å²) in [5, 5.41) is 8.42. The first-order valence-electron chi connectivity index (χ1n) is 10.8. The SMILES string of the molecule is O=C(NC1CCCC1)NS(=O)(=O)c1ccc(CCNC(=O)C2NCCCCC2=O)cc1. The Hall–Kier alpha value is -2.46. The van der Waals surface area contributed by atoms with Crippen molar-refractivity contribution in [3.8, 4) is 0 Å². The van der Waals surface area contributed by atoms with Gasteiger partial charge in [0.1, 0.15) is 6.04 Å². The lowest BCUT2D eigenvalue weighted by molar-refractivity contribution is -0.130. The van der Waals surface area contributed by atoms with Gasteiger partial charge in [-0.2, -0.15) is 0 Å². The van der Waals surface area contributed by atoms with Crippen LogP contribution in [0.5, 0.6) is 0 Å². The van der Waals surface area contributed by atoms with Crippen molar-refractivity contribution in [3.63, 3.8) is 0 Å². The van der Waals surface area contributed by atoms with Gasteiger partial charge in [0, 0.05) is 19.0 Å². The number of benzene rings is 1. The summed E-state index contributed by atoms with van der Waals surface area (Å²) < 4.78 is 26.8. The Bertz CT molecular complexity index is 895. The summed E-state index contributed by atoms with van der Waals surface area (Å²) in [6.07, 6.45) is 6.37. The summed E-state index contributed by atoms with van der Waals surface area (Å²) in [5.41, 5.74) is 0.829. The quantitative estimate of drug-likeness (QED) is 0.458. The molecule has 1 heterocycles. The predicted molar refractivity (Wildman–Crippen MR) is 115 cm³/mol. The van der Waals surface area contributed by atoms with Crippen LogP contribution in [-0.4, -0.2) is 51.3 Å². The second-order valence-electron chi connectivity index (χ2n) is 8.06. The van der Waals surface area contributed by atoms with Gasteiger partial charge in [-0.1, -0.05) is 25.0 Å². The van der Waals surface area contributed by atoms with E-state index in [2.05, 4.69) is 16.0 Å². The molecular weight excluding hydrogens is 420 g/mol. The molecule has 1 aliphatic carbocycles. The Kier molecular flexibility index (Phi) is 8.03. The standard InChI is InChI=1S/C21H30N4O5S/c26-18-7-3-4-13-22-19(18)20(27)23-14-12-15-8-10-17(11-9-15)31(29,30)25-21(28)24-16-5-1-2-6-16/h8-11,16,19,22H,1-7,12-14H2,(H,23,27)(H2,24,25,28). The minimum absolute atomic E-state index is 0.00453. The smallest absolute Gasteiger partial charge is 0.328 e. The highest BCUT2D eigenvalue weighted by atomic mass is 32.2. The molecule has 2 fully saturated rings. The monoisotopic (exact) mass is 450 g/mol. The third-order valence-corrected chi connectivity index (χ3v) is 6.99. The summed E-state index contributed by atoms with van der Waals surface area (Å²) in [4.78, 5) is 36.2. The molecule has 3 amide bonds. The van der Waals surface area contributed by atoms with E-state index in [0.717, 1.165) is 44.1 Å². The van der Waals surface area contributed by atoms with Crippen molar-refractivity contribution in [2.75, 3.05) is 13.1 Å². The lowest BCUT2D eigenvalue weighted by Crippen LogP contribution is -2.48. The third kappa shape index (κ3) is 6.76. The number of ketones is 1. The number of urea groups is 1. The van der Waals surface area contributed by atoms with E-state index in [1.807, 2.05) is 4.72 Å². The van der Waals surface area contributed by atoms with Crippen LogP contribution in [0.25, 0.3) is 0 Å². The number of Topliss-reactive ketones (excluding diaryl/α,β-unsaturated/α-hetero) is 1. The molecule has 1 saturated heterocycles. The summed E-state index contributed by atoms with van der Waals surface area (Å²) in [6, 6.07) is 4.67. The molecule has 1 unspecified atom stereocenters. The van der Waals surface area contributed by atoms with Gasteiger partial charge in [0.05, 0.1) is 4.90 Å². The van der Waals surface area contributed by atoms with Crippen LogP contribution in [0.15, 0.2) is 29.2 Å². The summed E-state index contributed by atoms with van der Waals surface area (Å²) in [7, 11) is -3.95. The molecule has 1 saturated carbocycles. The van der Waals surface area contributed by atoms with Gasteiger partial charge in [0.15, 0.2) is 5.78 Å². The van der Waals surface area contributed by atoms with E-state index in [4.69, 9.17) is 0 Å². The number of rotatable bonds is 7. The molecule has 170 valence electrons. The van der Waals surface area contributed by atoms with Crippen molar-refractivity contribution in [1.29, 1.82) is 0 Å². The first-order valence-corrected chi connectivity index (χ1v) is 12.3. The minimum Gasteiger partial charge on any atom is -0.354 e. The number of hydrogen-bond donors (Lipinski definition) is 4. The normalized spacial score (nSPS) is 20.1. The second-order valence-corrected chi connectivity index (χ2v) is 9.74. The van der Waals surface area contributed by atoms with Gasteiger partial charge >= 0.3 is 6.03 Å². The van der Waals surface area contributed by atoms with E-state index in [-0.39, 0.29) is 22.6 Å². The van der Waals surface area contributed by atoms with Crippen molar-refractivity contribution in [3.05, 3.63) is 29.8 Å². The molecular formula is C21H30N4O5S. The summed E-state index contributed by atoms with van der Waals surface area (Å²) >= 11 is 0. The predicted octanol–water partition coefficient (Wildman–Crippen LogP) is 0.987. The fraction of sp³-hybridized carbons (Fsp3) is 0.571. The van der Waals surface area contributed by atoms with Gasteiger partial charge in [-0.15, -0.1) is 0 Å². The Morgan fingerprint density at radius 3 is 2.45 bits per heavy atom. The molecule has 2 aliphatic rings. The molecule has 1 aromatic rings. The lowest BCUT2D eigenvalue weighted by Gasteiger charge is -2.15. The zero-order chi connectivity index (χ0) is 22.3. The van der Waals surface area contributed by atoms with Crippen LogP contribution >= 0.6 is 0 Å². The third-order valence-electron chi connectivity index (χ3n) is 5.65. The molecule has 3 rings (SSSR count). The average molecular weight is 451 g/mol. The van der Waals surface area contributed by atoms with Gasteiger partial charge in [-0.25, -0.2) is 17.9 Å². The minimum atomic E-state index is -3.95. The molecule has 1 atom stereocenters. The maximum atomic E-state index is 12.4. The Labute approximate surface area is 182 Å². The Morgan fingerprint density at radius 2 is 1.74 bits per heavy atom. The van der Waals surface area contributed by atoms with Crippen LogP contribution in [0.1, 0.15) is 50.5 Å². The van der Waals surface area contributed by atoms with Gasteiger partial charge in [0.25, 0.3) is 10.0 Å². The molecule has 0 radical (unpaired) electrons. The second kappa shape index (κ2) is 10.7. The van der Waals surface area contributed by atoms with E-state index in [9.17, 15) is 22.8 Å². The van der Waals surface area contributed by atoms with Crippen LogP contribution in [-0.2, 0) is 26.0 Å². The molecule has 31 heavy (non-hydrogen) atoms. The highest BCUT2D eigenvalue weighted by Gasteiger charge is 2.27. The van der Waals surface area contributed by atoms with Crippen molar-refractivity contribution in [1.82, 2.24) is 20.7 Å². The van der Waals surface area contributed by atoms with Gasteiger partial charge < -0.3 is 10.6 Å². The first-order chi connectivity index (χ1) is 14.8. The number of carbonyl (C=O) groups excluding carboxylic acids is 3. The van der Waals surface area contributed by atoms with Gasteiger partial charge in [-0.05, 0) is 56.3 Å². The Morgan fingerprint density at radius 1 is 1.03 bits per heavy atom. The van der Waals surface area contributed by atoms with E-state index < -0.39 is 22.1 Å². The van der Waals surface area contributed by atoms with Crippen molar-refractivity contribution in [2.45, 2.75) is 68.3 Å². The molecule has 1 aromatic carbocycles. The van der Waals surface area contributed by atoms with Crippen molar-refractivity contribution < 1.29 is 22.8 Å². The van der Waals surface area contributed by atoms with Crippen molar-refractivity contribution >= 4 is 27.7 Å². The van der Waals surface area contributed by atoms with E-state index in [1.54, 1.807) is 12.1 Å². The largest absolute Gasteiger partial charge is 0.354 e. The summed E-state index contributed by atoms with van der Waals surface area (Å²) in [6.45, 7) is 0.977. The highest BCUT2D eigenvalue weighted by Crippen LogP contribution is 2.17. The van der Waals surface area contributed by atoms with Gasteiger partial charge in [0.2, 0.25) is 5.91 Å². The maximum Gasteiger partial charge on any atom is 0.328 e. The topological polar surface area (TPSA) is 133 Å². The fourth-order valence-electron chi connectivity index (χ4n) is 3.90. The van der Waals surface area contributed by atoms with E-state index in [1.165, 1.54) is 12.1 Å². The lowest BCUT2D eigenvalue weighted by atomic mass is 10.1. The van der Waals surface area contributed by atoms with E-state index in [0.29, 0.717) is 25.9 Å². The number of sulfonamides is 1. The summed E-state index contributed by atoms with van der Waals surface area (Å²) in [5.74, 6) is -0.419. The van der Waals surface area contributed by atoms with Crippen LogP contribution < -0.4 is 20.7 Å². The molecule has 0 spiro atoms. The highest BCUT2D eigenvalue weighted by molar-refractivity contribution is 7.90. The number of nitrogens with one attached hydrogen (secondary N) is 4. The van der Waals surface area contributed by atoms with Crippen LogP contribution in [0.4, 0.5) is 4.79 Å². The van der Waals surface area contributed by atoms with Crippen molar-refractivity contribution in [2.24, 2.45) is 0 Å². The molecule has 10 heteroatoms. The average Bonchev–Trinajstić information content (AvgIpc) is 3.13. The van der Waals surface area contributed by atoms with Crippen LogP contribution in [0.2, 0.25) is 0 Å². The first kappa shape index (κ1) is 23.2. The molecule has 9 nitrogen and oxygen atoms in total. The van der Waals surface area contributed by atoms with Gasteiger partial charge in [-0.3, -0.25) is 14.9 Å². The number of hydrogen-bond acceptors (Lipinski definition) is 6. The number of carbonyl (C=O) groups is 3. The molecule has 0 aromatic heterocycles. The molecule has 0 bridgehead atoms. The zero-order valence-corrected chi connectivity index (χ0v) is 18.3. The van der Waals surface area contributed by atoms with Crippen LogP contribution in [0, 0.1) is 0 Å². The maximum absolute atomic E-state index is 12.4. The molecule has 4 N–H and O–H groups in total. The van der Waals surface area contributed by atoms with Crippen LogP contribution in [0.3, 0.4) is 0 Å². The van der Waals surface area contributed by atoms with E-state index >= 15 is 0 Å².